The predicted molar refractivity (Wildman–Crippen MR) is 53.2 cm³/mol. The molecule has 1 heterocycles. The molecule has 1 atom stereocenters. The van der Waals surface area contributed by atoms with Crippen LogP contribution < -0.4 is 5.73 Å². The van der Waals surface area contributed by atoms with Crippen LogP contribution in [0.2, 0.25) is 0 Å². The maximum absolute atomic E-state index is 11.5. The molecule has 0 aromatic heterocycles. The summed E-state index contributed by atoms with van der Waals surface area (Å²) in [6.07, 6.45) is 4.04. The van der Waals surface area contributed by atoms with Gasteiger partial charge in [-0.2, -0.15) is 0 Å². The van der Waals surface area contributed by atoms with E-state index in [-0.39, 0.29) is 11.9 Å². The van der Waals surface area contributed by atoms with Crippen molar-refractivity contribution in [1.29, 1.82) is 0 Å². The number of hydrogen-bond acceptors (Lipinski definition) is 2. The third kappa shape index (κ3) is 2.56. The average molecular weight is 182 g/mol. The van der Waals surface area contributed by atoms with Crippen molar-refractivity contribution < 1.29 is 4.79 Å². The highest BCUT2D eigenvalue weighted by molar-refractivity contribution is 5.81. The van der Waals surface area contributed by atoms with Gasteiger partial charge in [0.15, 0.2) is 0 Å². The van der Waals surface area contributed by atoms with Gasteiger partial charge in [-0.1, -0.05) is 6.08 Å². The Bertz CT molecular complexity index is 193. The standard InChI is InChI=1S/C10H18N2O/c1-3-9-4-6-12(7-5-9)10(13)8(2)11/h3,8-9H,1,4-7,11H2,2H3/t8-/m1/s1. The zero-order chi connectivity index (χ0) is 9.84. The molecule has 1 amide bonds. The highest BCUT2D eigenvalue weighted by Gasteiger charge is 2.22. The molecule has 3 heteroatoms. The molecule has 1 aliphatic heterocycles. The summed E-state index contributed by atoms with van der Waals surface area (Å²) >= 11 is 0. The van der Waals surface area contributed by atoms with Gasteiger partial charge in [-0.3, -0.25) is 4.79 Å². The van der Waals surface area contributed by atoms with Crippen molar-refractivity contribution in [3.05, 3.63) is 12.7 Å². The largest absolute Gasteiger partial charge is 0.341 e. The number of carbonyl (C=O) groups is 1. The van der Waals surface area contributed by atoms with Crippen molar-refractivity contribution in [2.24, 2.45) is 11.7 Å². The lowest BCUT2D eigenvalue weighted by atomic mass is 9.97. The summed E-state index contributed by atoms with van der Waals surface area (Å²) in [5.41, 5.74) is 5.52. The fourth-order valence-corrected chi connectivity index (χ4v) is 1.64. The molecule has 0 bridgehead atoms. The van der Waals surface area contributed by atoms with E-state index in [4.69, 9.17) is 5.73 Å². The van der Waals surface area contributed by atoms with Crippen LogP contribution >= 0.6 is 0 Å². The highest BCUT2D eigenvalue weighted by atomic mass is 16.2. The van der Waals surface area contributed by atoms with Crippen molar-refractivity contribution in [1.82, 2.24) is 4.90 Å². The molecule has 0 aromatic carbocycles. The molecule has 2 N–H and O–H groups in total. The first-order valence-electron chi connectivity index (χ1n) is 4.82. The quantitative estimate of drug-likeness (QED) is 0.641. The Kier molecular flexibility index (Phi) is 3.48. The smallest absolute Gasteiger partial charge is 0.239 e. The molecule has 3 nitrogen and oxygen atoms in total. The van der Waals surface area contributed by atoms with E-state index in [1.54, 1.807) is 6.92 Å². The fourth-order valence-electron chi connectivity index (χ4n) is 1.64. The van der Waals surface area contributed by atoms with Crippen LogP contribution in [-0.4, -0.2) is 29.9 Å². The second kappa shape index (κ2) is 4.42. The summed E-state index contributed by atoms with van der Waals surface area (Å²) in [5.74, 6) is 0.652. The minimum absolute atomic E-state index is 0.0718. The van der Waals surface area contributed by atoms with Gasteiger partial charge in [0.2, 0.25) is 5.91 Å². The lowest BCUT2D eigenvalue weighted by molar-refractivity contribution is -0.133. The third-order valence-corrected chi connectivity index (χ3v) is 2.57. The SMILES string of the molecule is C=CC1CCN(C(=O)[C@@H](C)N)CC1. The number of carbonyl (C=O) groups excluding carboxylic acids is 1. The molecule has 0 spiro atoms. The van der Waals surface area contributed by atoms with Gasteiger partial charge in [-0.25, -0.2) is 0 Å². The first-order chi connectivity index (χ1) is 6.15. The summed E-state index contributed by atoms with van der Waals surface area (Å²) in [7, 11) is 0. The summed E-state index contributed by atoms with van der Waals surface area (Å²) in [6.45, 7) is 7.16. The van der Waals surface area contributed by atoms with Gasteiger partial charge in [-0.15, -0.1) is 6.58 Å². The van der Waals surface area contributed by atoms with E-state index in [2.05, 4.69) is 6.58 Å². The monoisotopic (exact) mass is 182 g/mol. The maximum Gasteiger partial charge on any atom is 0.239 e. The molecule has 1 rings (SSSR count). The third-order valence-electron chi connectivity index (χ3n) is 2.57. The fraction of sp³-hybridized carbons (Fsp3) is 0.700. The average Bonchev–Trinajstić information content (AvgIpc) is 2.17. The molecule has 13 heavy (non-hydrogen) atoms. The molecule has 0 saturated carbocycles. The van der Waals surface area contributed by atoms with Crippen LogP contribution in [0.15, 0.2) is 12.7 Å². The van der Waals surface area contributed by atoms with Gasteiger partial charge in [0.05, 0.1) is 6.04 Å². The van der Waals surface area contributed by atoms with E-state index in [1.807, 2.05) is 11.0 Å². The number of rotatable bonds is 2. The number of hydrogen-bond donors (Lipinski definition) is 1. The van der Waals surface area contributed by atoms with Gasteiger partial charge in [0, 0.05) is 13.1 Å². The van der Waals surface area contributed by atoms with Crippen LogP contribution in [0.1, 0.15) is 19.8 Å². The second-order valence-corrected chi connectivity index (χ2v) is 3.69. The summed E-state index contributed by atoms with van der Waals surface area (Å²) in [6, 6.07) is -0.361. The predicted octanol–water partition coefficient (Wildman–Crippen LogP) is 0.758. The van der Waals surface area contributed by atoms with Crippen molar-refractivity contribution in [3.8, 4) is 0 Å². The lowest BCUT2D eigenvalue weighted by Crippen LogP contribution is -2.45. The lowest BCUT2D eigenvalue weighted by Gasteiger charge is -2.31. The maximum atomic E-state index is 11.5. The van der Waals surface area contributed by atoms with E-state index in [9.17, 15) is 4.79 Å². The molecule has 0 unspecified atom stereocenters. The Morgan fingerprint density at radius 3 is 2.54 bits per heavy atom. The van der Waals surface area contributed by atoms with Crippen LogP contribution in [-0.2, 0) is 4.79 Å². The molecule has 0 aliphatic carbocycles. The van der Waals surface area contributed by atoms with Crippen LogP contribution in [0.3, 0.4) is 0 Å². The van der Waals surface area contributed by atoms with Gasteiger partial charge < -0.3 is 10.6 Å². The highest BCUT2D eigenvalue weighted by Crippen LogP contribution is 2.17. The van der Waals surface area contributed by atoms with Crippen molar-refractivity contribution >= 4 is 5.91 Å². The first kappa shape index (κ1) is 10.3. The molecule has 1 saturated heterocycles. The molecule has 0 aromatic rings. The topological polar surface area (TPSA) is 46.3 Å². The Morgan fingerprint density at radius 2 is 2.15 bits per heavy atom. The number of amides is 1. The van der Waals surface area contributed by atoms with Crippen molar-refractivity contribution in [2.45, 2.75) is 25.8 Å². The van der Waals surface area contributed by atoms with Crippen LogP contribution in [0.5, 0.6) is 0 Å². The minimum atomic E-state index is -0.361. The molecule has 1 aliphatic rings. The number of nitrogens with zero attached hydrogens (tertiary/aromatic N) is 1. The molecular weight excluding hydrogens is 164 g/mol. The van der Waals surface area contributed by atoms with Crippen LogP contribution in [0.4, 0.5) is 0 Å². The number of likely N-dealkylation sites (tertiary alicyclic amines) is 1. The van der Waals surface area contributed by atoms with E-state index in [0.717, 1.165) is 25.9 Å². The van der Waals surface area contributed by atoms with Crippen molar-refractivity contribution in [2.75, 3.05) is 13.1 Å². The molecule has 74 valence electrons. The van der Waals surface area contributed by atoms with Gasteiger partial charge in [0.25, 0.3) is 0 Å². The van der Waals surface area contributed by atoms with Crippen molar-refractivity contribution in [3.63, 3.8) is 0 Å². The van der Waals surface area contributed by atoms with E-state index >= 15 is 0 Å². The zero-order valence-electron chi connectivity index (χ0n) is 8.20. The van der Waals surface area contributed by atoms with Gasteiger partial charge in [-0.05, 0) is 25.7 Å². The normalized spacial score (nSPS) is 21.2. The van der Waals surface area contributed by atoms with E-state index in [1.165, 1.54) is 0 Å². The number of nitrogens with two attached hydrogens (primary N) is 1. The van der Waals surface area contributed by atoms with Crippen LogP contribution in [0.25, 0.3) is 0 Å². The Balaban J connectivity index is 2.40. The Labute approximate surface area is 79.6 Å². The second-order valence-electron chi connectivity index (χ2n) is 3.69. The van der Waals surface area contributed by atoms with E-state index in [0.29, 0.717) is 5.92 Å². The Hall–Kier alpha value is -0.830. The summed E-state index contributed by atoms with van der Waals surface area (Å²) in [4.78, 5) is 13.3. The summed E-state index contributed by atoms with van der Waals surface area (Å²) < 4.78 is 0. The van der Waals surface area contributed by atoms with Crippen LogP contribution in [0, 0.1) is 5.92 Å². The Morgan fingerprint density at radius 1 is 1.62 bits per heavy atom. The minimum Gasteiger partial charge on any atom is -0.341 e. The number of piperidine rings is 1. The van der Waals surface area contributed by atoms with Gasteiger partial charge in [0.1, 0.15) is 0 Å². The van der Waals surface area contributed by atoms with Gasteiger partial charge >= 0.3 is 0 Å². The van der Waals surface area contributed by atoms with E-state index < -0.39 is 0 Å². The summed E-state index contributed by atoms with van der Waals surface area (Å²) in [5, 5.41) is 0. The zero-order valence-corrected chi connectivity index (χ0v) is 8.20. The molecule has 0 radical (unpaired) electrons. The molecule has 1 fully saturated rings. The number of allylic oxidation sites excluding steroid dienone is 1. The first-order valence-corrected chi connectivity index (χ1v) is 4.82. The molecular formula is C10H18N2O.